The molecule has 0 N–H and O–H groups in total. The Balaban J connectivity index is 1.42. The van der Waals surface area contributed by atoms with Gasteiger partial charge in [-0.1, -0.05) is 43.7 Å². The lowest BCUT2D eigenvalue weighted by molar-refractivity contribution is 0.157. The van der Waals surface area contributed by atoms with Gasteiger partial charge in [0.05, 0.1) is 0 Å². The number of benzene rings is 1. The first kappa shape index (κ1) is 19.3. The molecule has 0 bridgehead atoms. The van der Waals surface area contributed by atoms with Gasteiger partial charge in [0, 0.05) is 0 Å². The van der Waals surface area contributed by atoms with E-state index in [1.807, 2.05) is 6.08 Å². The summed E-state index contributed by atoms with van der Waals surface area (Å²) in [7, 11) is 0. The Bertz CT molecular complexity index is 603. The van der Waals surface area contributed by atoms with Gasteiger partial charge < -0.3 is 0 Å². The van der Waals surface area contributed by atoms with Crippen molar-refractivity contribution in [1.82, 2.24) is 0 Å². The molecule has 2 aliphatic carbocycles. The van der Waals surface area contributed by atoms with Crippen molar-refractivity contribution in [2.24, 2.45) is 17.8 Å². The first-order valence-corrected chi connectivity index (χ1v) is 10.4. The summed E-state index contributed by atoms with van der Waals surface area (Å²) in [6, 6.07) is 4.46. The fourth-order valence-corrected chi connectivity index (χ4v) is 5.16. The van der Waals surface area contributed by atoms with Crippen LogP contribution in [0.2, 0.25) is 0 Å². The van der Waals surface area contributed by atoms with E-state index in [1.54, 1.807) is 6.07 Å². The standard InChI is InChI=1S/C24H32F2/c1-2-3-4-5-6-18-7-9-19(10-8-18)20-11-13-21(14-12-20)22-15-16-23(25)24(26)17-22/h2-4,15-21H,1,5-14H2/b4-3+. The van der Waals surface area contributed by atoms with Crippen LogP contribution in [0.4, 0.5) is 8.78 Å². The second-order valence-corrected chi connectivity index (χ2v) is 8.31. The maximum atomic E-state index is 13.5. The molecule has 0 spiro atoms. The third-order valence-electron chi connectivity index (χ3n) is 6.76. The van der Waals surface area contributed by atoms with E-state index in [1.165, 1.54) is 63.5 Å². The van der Waals surface area contributed by atoms with Gasteiger partial charge in [0.2, 0.25) is 0 Å². The zero-order chi connectivity index (χ0) is 18.4. The average Bonchev–Trinajstić information content (AvgIpc) is 2.68. The van der Waals surface area contributed by atoms with Crippen LogP contribution in [-0.4, -0.2) is 0 Å². The Morgan fingerprint density at radius 2 is 1.54 bits per heavy atom. The van der Waals surface area contributed by atoms with Gasteiger partial charge in [-0.05, 0) is 92.7 Å². The van der Waals surface area contributed by atoms with Crippen LogP contribution in [0.25, 0.3) is 0 Å². The largest absolute Gasteiger partial charge is 0.204 e. The molecule has 0 atom stereocenters. The molecule has 1 aromatic carbocycles. The maximum Gasteiger partial charge on any atom is 0.159 e. The van der Waals surface area contributed by atoms with E-state index in [0.717, 1.165) is 36.2 Å². The Kier molecular flexibility index (Phi) is 7.05. The van der Waals surface area contributed by atoms with Crippen LogP contribution >= 0.6 is 0 Å². The lowest BCUT2D eigenvalue weighted by atomic mass is 9.68. The second-order valence-electron chi connectivity index (χ2n) is 8.31. The van der Waals surface area contributed by atoms with Gasteiger partial charge in [-0.25, -0.2) is 8.78 Å². The molecule has 0 aliphatic heterocycles. The van der Waals surface area contributed by atoms with E-state index in [0.29, 0.717) is 5.92 Å². The molecule has 0 amide bonds. The minimum absolute atomic E-state index is 0.411. The molecule has 2 fully saturated rings. The van der Waals surface area contributed by atoms with Crippen molar-refractivity contribution >= 4 is 0 Å². The van der Waals surface area contributed by atoms with Crippen LogP contribution in [0.1, 0.15) is 75.7 Å². The van der Waals surface area contributed by atoms with Gasteiger partial charge in [0.1, 0.15) is 0 Å². The molecule has 142 valence electrons. The topological polar surface area (TPSA) is 0 Å². The van der Waals surface area contributed by atoms with E-state index < -0.39 is 11.6 Å². The van der Waals surface area contributed by atoms with E-state index in [9.17, 15) is 8.78 Å². The predicted molar refractivity (Wildman–Crippen MR) is 105 cm³/mol. The zero-order valence-electron chi connectivity index (χ0n) is 15.8. The number of hydrogen-bond donors (Lipinski definition) is 0. The van der Waals surface area contributed by atoms with Crippen molar-refractivity contribution < 1.29 is 8.78 Å². The minimum atomic E-state index is -0.737. The SMILES string of the molecule is C=C/C=C/CCC1CCC(C2CCC(c3ccc(F)c(F)c3)CC2)CC1. The minimum Gasteiger partial charge on any atom is -0.204 e. The highest BCUT2D eigenvalue weighted by molar-refractivity contribution is 5.22. The van der Waals surface area contributed by atoms with E-state index in [4.69, 9.17) is 0 Å². The molecule has 3 rings (SSSR count). The van der Waals surface area contributed by atoms with Crippen molar-refractivity contribution in [2.45, 2.75) is 70.1 Å². The van der Waals surface area contributed by atoms with E-state index >= 15 is 0 Å². The average molecular weight is 359 g/mol. The number of hydrogen-bond acceptors (Lipinski definition) is 0. The zero-order valence-corrected chi connectivity index (χ0v) is 15.8. The summed E-state index contributed by atoms with van der Waals surface area (Å²) >= 11 is 0. The van der Waals surface area contributed by atoms with Crippen LogP contribution in [-0.2, 0) is 0 Å². The lowest BCUT2D eigenvalue weighted by Gasteiger charge is -2.38. The fourth-order valence-electron chi connectivity index (χ4n) is 5.16. The summed E-state index contributed by atoms with van der Waals surface area (Å²) in [5.41, 5.74) is 0.985. The monoisotopic (exact) mass is 358 g/mol. The molecule has 0 radical (unpaired) electrons. The molecule has 2 aliphatic rings. The summed E-state index contributed by atoms with van der Waals surface area (Å²) in [6.45, 7) is 3.72. The highest BCUT2D eigenvalue weighted by atomic mass is 19.2. The molecule has 0 heterocycles. The van der Waals surface area contributed by atoms with Crippen molar-refractivity contribution in [3.8, 4) is 0 Å². The van der Waals surface area contributed by atoms with Crippen molar-refractivity contribution in [3.63, 3.8) is 0 Å². The molecule has 2 saturated carbocycles. The van der Waals surface area contributed by atoms with Gasteiger partial charge in [-0.3, -0.25) is 0 Å². The van der Waals surface area contributed by atoms with Crippen LogP contribution in [0, 0.1) is 29.4 Å². The summed E-state index contributed by atoms with van der Waals surface area (Å²) in [5, 5.41) is 0. The van der Waals surface area contributed by atoms with Gasteiger partial charge in [-0.2, -0.15) is 0 Å². The van der Waals surface area contributed by atoms with Gasteiger partial charge >= 0.3 is 0 Å². The van der Waals surface area contributed by atoms with Gasteiger partial charge in [0.15, 0.2) is 11.6 Å². The number of rotatable bonds is 6. The molecule has 0 saturated heterocycles. The number of halogens is 2. The Morgan fingerprint density at radius 1 is 0.885 bits per heavy atom. The number of allylic oxidation sites excluding steroid dienone is 3. The highest BCUT2D eigenvalue weighted by Crippen LogP contribution is 2.44. The molecule has 0 unspecified atom stereocenters. The summed E-state index contributed by atoms with van der Waals surface area (Å²) in [4.78, 5) is 0. The molecular formula is C24H32F2. The first-order valence-electron chi connectivity index (χ1n) is 10.4. The lowest BCUT2D eigenvalue weighted by Crippen LogP contribution is -2.25. The predicted octanol–water partition coefficient (Wildman–Crippen LogP) is 7.57. The second kappa shape index (κ2) is 9.48. The summed E-state index contributed by atoms with van der Waals surface area (Å²) in [6.07, 6.45) is 18.9. The molecule has 2 heteroatoms. The smallest absolute Gasteiger partial charge is 0.159 e. The third-order valence-corrected chi connectivity index (χ3v) is 6.76. The summed E-state index contributed by atoms with van der Waals surface area (Å²) < 4.78 is 26.6. The Hall–Kier alpha value is -1.44. The summed E-state index contributed by atoms with van der Waals surface area (Å²) in [5.74, 6) is 1.61. The van der Waals surface area contributed by atoms with Crippen molar-refractivity contribution in [2.75, 3.05) is 0 Å². The maximum absolute atomic E-state index is 13.5. The van der Waals surface area contributed by atoms with Gasteiger partial charge in [0.25, 0.3) is 0 Å². The fraction of sp³-hybridized carbons (Fsp3) is 0.583. The van der Waals surface area contributed by atoms with Crippen LogP contribution in [0.5, 0.6) is 0 Å². The van der Waals surface area contributed by atoms with Crippen LogP contribution < -0.4 is 0 Å². The molecule has 0 nitrogen and oxygen atoms in total. The molecule has 0 aromatic heterocycles. The first-order chi connectivity index (χ1) is 12.7. The van der Waals surface area contributed by atoms with Crippen molar-refractivity contribution in [3.05, 3.63) is 60.2 Å². The Labute approximate surface area is 157 Å². The highest BCUT2D eigenvalue weighted by Gasteiger charge is 2.31. The van der Waals surface area contributed by atoms with E-state index in [-0.39, 0.29) is 0 Å². The quantitative estimate of drug-likeness (QED) is 0.460. The molecule has 1 aromatic rings. The third kappa shape index (κ3) is 5.05. The van der Waals surface area contributed by atoms with Gasteiger partial charge in [-0.15, -0.1) is 0 Å². The Morgan fingerprint density at radius 3 is 2.15 bits per heavy atom. The molecule has 26 heavy (non-hydrogen) atoms. The van der Waals surface area contributed by atoms with Crippen molar-refractivity contribution in [1.29, 1.82) is 0 Å². The normalized spacial score (nSPS) is 29.8. The van der Waals surface area contributed by atoms with E-state index in [2.05, 4.69) is 18.7 Å². The molecular weight excluding hydrogens is 326 g/mol. The van der Waals surface area contributed by atoms with Crippen LogP contribution in [0.3, 0.4) is 0 Å². The van der Waals surface area contributed by atoms with Crippen LogP contribution in [0.15, 0.2) is 43.0 Å².